The van der Waals surface area contributed by atoms with Crippen LogP contribution in [-0.4, -0.2) is 98.9 Å². The molecule has 0 aromatic heterocycles. The van der Waals surface area contributed by atoms with Crippen LogP contribution in [0.4, 0.5) is 53.5 Å². The number of piperazine rings is 2. The Balaban J connectivity index is 0.000000208. The van der Waals surface area contributed by atoms with E-state index in [9.17, 15) is 45.5 Å². The zero-order valence-electron chi connectivity index (χ0n) is 47.8. The molecule has 0 spiro atoms. The van der Waals surface area contributed by atoms with Crippen LogP contribution >= 0.6 is 0 Å². The van der Waals surface area contributed by atoms with Crippen molar-refractivity contribution in [1.29, 1.82) is 0 Å². The fourth-order valence-corrected chi connectivity index (χ4v) is 10.8. The summed E-state index contributed by atoms with van der Waals surface area (Å²) in [6.45, 7) is 10.2. The standard InChI is InChI=1S/C34H32F4N4O2.C34H33F3N4O2/c1-2-39-33(44)31(24-8-4-3-5-9-24)42-20-18-41(19-21-42)26-16-17-30(29(35)22-26)40-32(43)28-11-7-6-10-27(28)23-12-14-25(15-13-23)34(36,37)38;1-2-38-33(43)31(25-8-4-3-5-9-25)41-22-20-40(21-23-41)28-18-16-27(17-19-28)39-32(42)30-11-7-6-10-29(30)24-12-14-26(15-13-24)34(35,36)37/h3-17,22,31H,2,18-21H2,1H3,(H,39,44)(H,40,43);3-19,31H,2,20-23H2,1H3,(H,38,43)(H,39,42). The number of carbonyl (C=O) groups is 4. The number of hydrogen-bond acceptors (Lipinski definition) is 8. The van der Waals surface area contributed by atoms with Gasteiger partial charge in [-0.25, -0.2) is 4.39 Å². The summed E-state index contributed by atoms with van der Waals surface area (Å²) in [5, 5.41) is 11.4. The van der Waals surface area contributed by atoms with Gasteiger partial charge in [0.1, 0.15) is 17.9 Å². The van der Waals surface area contributed by atoms with Crippen LogP contribution in [0.2, 0.25) is 0 Å². The Labute approximate surface area is 500 Å². The fraction of sp³-hybridized carbons (Fsp3) is 0.235. The summed E-state index contributed by atoms with van der Waals surface area (Å²) in [7, 11) is 0. The van der Waals surface area contributed by atoms with Gasteiger partial charge in [0.15, 0.2) is 0 Å². The molecule has 0 bridgehead atoms. The molecule has 8 aromatic carbocycles. The number of anilines is 4. The van der Waals surface area contributed by atoms with Crippen molar-refractivity contribution in [3.63, 3.8) is 0 Å². The number of likely N-dealkylation sites (N-methyl/N-ethyl adjacent to an activating group) is 2. The van der Waals surface area contributed by atoms with Crippen LogP contribution < -0.4 is 31.1 Å². The Bertz CT molecular complexity index is 3610. The SMILES string of the molecule is CCNC(=O)C(c1ccccc1)N1CCN(c2ccc(NC(=O)c3ccccc3-c3ccc(C(F)(F)F)cc3)c(F)c2)CC1.CCNC(=O)C(c1ccccc1)N1CCN(c2ccc(NC(=O)c3ccccc3-c3ccc(C(F)(F)F)cc3)cc2)CC1. The maximum atomic E-state index is 15.3. The molecule has 8 aromatic rings. The number of benzene rings is 8. The van der Waals surface area contributed by atoms with Gasteiger partial charge in [0.05, 0.1) is 16.8 Å². The molecule has 2 heterocycles. The van der Waals surface area contributed by atoms with Gasteiger partial charge in [0.25, 0.3) is 11.8 Å². The van der Waals surface area contributed by atoms with Gasteiger partial charge >= 0.3 is 12.4 Å². The van der Waals surface area contributed by atoms with Crippen LogP contribution in [0, 0.1) is 5.82 Å². The lowest BCUT2D eigenvalue weighted by Gasteiger charge is -2.39. The van der Waals surface area contributed by atoms with Crippen LogP contribution in [0.15, 0.2) is 200 Å². The second kappa shape index (κ2) is 28.2. The van der Waals surface area contributed by atoms with Gasteiger partial charge in [-0.15, -0.1) is 0 Å². The molecule has 12 nitrogen and oxygen atoms in total. The van der Waals surface area contributed by atoms with E-state index in [1.165, 1.54) is 42.5 Å². The molecule has 2 fully saturated rings. The molecule has 0 saturated carbocycles. The van der Waals surface area contributed by atoms with Crippen LogP contribution in [0.3, 0.4) is 0 Å². The van der Waals surface area contributed by atoms with E-state index < -0.39 is 41.2 Å². The first-order valence-corrected chi connectivity index (χ1v) is 28.6. The van der Waals surface area contributed by atoms with Crippen molar-refractivity contribution >= 4 is 46.4 Å². The number of rotatable bonds is 16. The summed E-state index contributed by atoms with van der Waals surface area (Å²) < 4.78 is 93.3. The third kappa shape index (κ3) is 15.6. The van der Waals surface area contributed by atoms with Gasteiger partial charge in [-0.2, -0.15) is 26.3 Å². The van der Waals surface area contributed by atoms with Gasteiger partial charge in [-0.05, 0) is 126 Å². The minimum absolute atomic E-state index is 0.00198. The maximum Gasteiger partial charge on any atom is 0.416 e. The number of nitrogens with one attached hydrogen (secondary N) is 4. The van der Waals surface area contributed by atoms with Gasteiger partial charge in [0, 0.05) is 93.6 Å². The topological polar surface area (TPSA) is 129 Å². The first-order valence-electron chi connectivity index (χ1n) is 28.6. The van der Waals surface area contributed by atoms with Crippen molar-refractivity contribution in [2.75, 3.05) is 85.9 Å². The molecular weight excluding hydrogens is 1130 g/mol. The van der Waals surface area contributed by atoms with Gasteiger partial charge in [-0.3, -0.25) is 29.0 Å². The number of amides is 4. The lowest BCUT2D eigenvalue weighted by Crippen LogP contribution is -2.51. The molecule has 0 radical (unpaired) electrons. The van der Waals surface area contributed by atoms with E-state index in [1.54, 1.807) is 48.5 Å². The zero-order valence-corrected chi connectivity index (χ0v) is 47.8. The molecular formula is C68H65F7N8O4. The average molecular weight is 1190 g/mol. The molecule has 19 heteroatoms. The molecule has 10 rings (SSSR count). The van der Waals surface area contributed by atoms with Gasteiger partial charge in [0.2, 0.25) is 11.8 Å². The van der Waals surface area contributed by atoms with E-state index >= 15 is 4.39 Å². The van der Waals surface area contributed by atoms with E-state index in [0.29, 0.717) is 78.5 Å². The summed E-state index contributed by atoms with van der Waals surface area (Å²) in [5.41, 5.74) is 5.11. The lowest BCUT2D eigenvalue weighted by atomic mass is 9.98. The minimum Gasteiger partial charge on any atom is -0.369 e. The first kappa shape index (κ1) is 62.2. The maximum absolute atomic E-state index is 15.3. The van der Waals surface area contributed by atoms with E-state index in [2.05, 4.69) is 36.0 Å². The van der Waals surface area contributed by atoms with Gasteiger partial charge < -0.3 is 31.1 Å². The molecule has 2 unspecified atom stereocenters. The summed E-state index contributed by atoms with van der Waals surface area (Å²) in [5.74, 6) is -1.61. The minimum atomic E-state index is -4.47. The molecule has 4 N–H and O–H groups in total. The van der Waals surface area contributed by atoms with Crippen molar-refractivity contribution in [3.05, 3.63) is 239 Å². The monoisotopic (exact) mass is 1190 g/mol. The average Bonchev–Trinajstić information content (AvgIpc) is 3.22. The normalized spacial score (nSPS) is 14.6. The smallest absolute Gasteiger partial charge is 0.369 e. The molecule has 87 heavy (non-hydrogen) atoms. The van der Waals surface area contributed by atoms with Crippen molar-refractivity contribution in [1.82, 2.24) is 20.4 Å². The van der Waals surface area contributed by atoms with Crippen LogP contribution in [0.1, 0.15) is 68.9 Å². The van der Waals surface area contributed by atoms with Crippen LogP contribution in [0.25, 0.3) is 22.3 Å². The highest BCUT2D eigenvalue weighted by atomic mass is 19.4. The Morgan fingerprint density at radius 2 is 0.816 bits per heavy atom. The van der Waals surface area contributed by atoms with E-state index in [0.717, 1.165) is 67.3 Å². The molecule has 2 atom stereocenters. The van der Waals surface area contributed by atoms with Crippen LogP contribution in [0.5, 0.6) is 0 Å². The van der Waals surface area contributed by atoms with E-state index in [1.807, 2.05) is 104 Å². The van der Waals surface area contributed by atoms with Crippen molar-refractivity contribution in [2.45, 2.75) is 38.3 Å². The number of hydrogen-bond donors (Lipinski definition) is 4. The van der Waals surface area contributed by atoms with Gasteiger partial charge in [-0.1, -0.05) is 121 Å². The predicted octanol–water partition coefficient (Wildman–Crippen LogP) is 13.4. The summed E-state index contributed by atoms with van der Waals surface area (Å²) in [6.07, 6.45) is -8.90. The van der Waals surface area contributed by atoms with E-state index in [4.69, 9.17) is 0 Å². The van der Waals surface area contributed by atoms with Crippen molar-refractivity contribution in [3.8, 4) is 22.3 Å². The number of alkyl halides is 6. The van der Waals surface area contributed by atoms with E-state index in [-0.39, 0.29) is 35.0 Å². The zero-order chi connectivity index (χ0) is 61.7. The Morgan fingerprint density at radius 1 is 0.437 bits per heavy atom. The second-order valence-corrected chi connectivity index (χ2v) is 20.8. The lowest BCUT2D eigenvalue weighted by molar-refractivity contribution is -0.138. The second-order valence-electron chi connectivity index (χ2n) is 20.8. The highest BCUT2D eigenvalue weighted by Crippen LogP contribution is 2.35. The third-order valence-corrected chi connectivity index (χ3v) is 15.2. The van der Waals surface area contributed by atoms with Crippen molar-refractivity contribution < 1.29 is 49.9 Å². The number of carbonyl (C=O) groups excluding carboxylic acids is 4. The first-order chi connectivity index (χ1) is 41.9. The van der Waals surface area contributed by atoms with Crippen molar-refractivity contribution in [2.24, 2.45) is 0 Å². The third-order valence-electron chi connectivity index (χ3n) is 15.2. The molecule has 2 aliphatic heterocycles. The molecule has 4 amide bonds. The highest BCUT2D eigenvalue weighted by molar-refractivity contribution is 6.09. The predicted molar refractivity (Wildman–Crippen MR) is 326 cm³/mol. The number of halogens is 7. The summed E-state index contributed by atoms with van der Waals surface area (Å²) in [4.78, 5) is 60.9. The molecule has 0 aliphatic carbocycles. The Morgan fingerprint density at radius 3 is 1.22 bits per heavy atom. The summed E-state index contributed by atoms with van der Waals surface area (Å²) in [6, 6.07) is 53.5. The van der Waals surface area contributed by atoms with Crippen LogP contribution in [-0.2, 0) is 21.9 Å². The molecule has 2 aliphatic rings. The summed E-state index contributed by atoms with van der Waals surface area (Å²) >= 11 is 0. The largest absolute Gasteiger partial charge is 0.416 e. The molecule has 2 saturated heterocycles. The Kier molecular flexibility index (Phi) is 20.2. The Hall–Kier alpha value is -9.33. The molecule has 450 valence electrons. The fourth-order valence-electron chi connectivity index (χ4n) is 10.8. The highest BCUT2D eigenvalue weighted by Gasteiger charge is 2.34. The quantitative estimate of drug-likeness (QED) is 0.0704. The number of nitrogens with zero attached hydrogens (tertiary/aromatic N) is 4.